The first-order valence-electron chi connectivity index (χ1n) is 5.76. The summed E-state index contributed by atoms with van der Waals surface area (Å²) in [6.07, 6.45) is 6.02. The summed E-state index contributed by atoms with van der Waals surface area (Å²) >= 11 is 0. The lowest BCUT2D eigenvalue weighted by Gasteiger charge is -2.28. The highest BCUT2D eigenvalue weighted by atomic mass is 16.3. The molecule has 0 amide bonds. The Kier molecular flexibility index (Phi) is 3.01. The van der Waals surface area contributed by atoms with E-state index in [1.54, 1.807) is 6.20 Å². The standard InChI is InChI=1S/C12H19N3O/c1-9-6-11(14-7-10(9)13)15-12(8-16)4-2-3-5-12/h6-7,16H,2-5,8,13H2,1H3,(H,14,15). The van der Waals surface area contributed by atoms with Crippen LogP contribution < -0.4 is 11.1 Å². The summed E-state index contributed by atoms with van der Waals surface area (Å²) in [6.45, 7) is 2.13. The predicted molar refractivity (Wildman–Crippen MR) is 65.3 cm³/mol. The molecule has 4 nitrogen and oxygen atoms in total. The highest BCUT2D eigenvalue weighted by Gasteiger charge is 2.33. The Labute approximate surface area is 95.9 Å². The minimum Gasteiger partial charge on any atom is -0.397 e. The molecule has 0 bridgehead atoms. The molecule has 0 saturated heterocycles. The zero-order chi connectivity index (χ0) is 11.6. The molecule has 88 valence electrons. The third kappa shape index (κ3) is 2.11. The lowest BCUT2D eigenvalue weighted by molar-refractivity contribution is 0.214. The van der Waals surface area contributed by atoms with Crippen molar-refractivity contribution < 1.29 is 5.11 Å². The Bertz CT molecular complexity index is 373. The van der Waals surface area contributed by atoms with E-state index < -0.39 is 0 Å². The lowest BCUT2D eigenvalue weighted by atomic mass is 9.99. The van der Waals surface area contributed by atoms with E-state index in [-0.39, 0.29) is 12.1 Å². The largest absolute Gasteiger partial charge is 0.397 e. The molecule has 1 saturated carbocycles. The van der Waals surface area contributed by atoms with Gasteiger partial charge in [-0.1, -0.05) is 12.8 Å². The molecule has 16 heavy (non-hydrogen) atoms. The molecular formula is C12H19N3O. The monoisotopic (exact) mass is 221 g/mol. The first kappa shape index (κ1) is 11.2. The molecule has 4 N–H and O–H groups in total. The number of hydrogen-bond acceptors (Lipinski definition) is 4. The van der Waals surface area contributed by atoms with Crippen LogP contribution in [-0.4, -0.2) is 22.2 Å². The summed E-state index contributed by atoms with van der Waals surface area (Å²) in [6, 6.07) is 1.94. The van der Waals surface area contributed by atoms with Gasteiger partial charge in [-0.3, -0.25) is 0 Å². The number of nitrogen functional groups attached to an aromatic ring is 1. The van der Waals surface area contributed by atoms with Crippen LogP contribution in [0.5, 0.6) is 0 Å². The maximum atomic E-state index is 9.49. The van der Waals surface area contributed by atoms with E-state index in [2.05, 4.69) is 10.3 Å². The van der Waals surface area contributed by atoms with Gasteiger partial charge in [0.1, 0.15) is 5.82 Å². The summed E-state index contributed by atoms with van der Waals surface area (Å²) in [4.78, 5) is 4.25. The van der Waals surface area contributed by atoms with Crippen LogP contribution in [0.2, 0.25) is 0 Å². The van der Waals surface area contributed by atoms with E-state index >= 15 is 0 Å². The lowest BCUT2D eigenvalue weighted by Crippen LogP contribution is -2.39. The van der Waals surface area contributed by atoms with Crippen LogP contribution in [0.1, 0.15) is 31.2 Å². The SMILES string of the molecule is Cc1cc(NC2(CO)CCCC2)ncc1N. The van der Waals surface area contributed by atoms with Crippen LogP contribution in [0.15, 0.2) is 12.3 Å². The molecular weight excluding hydrogens is 202 g/mol. The second-order valence-electron chi connectivity index (χ2n) is 4.70. The molecule has 1 aliphatic rings. The van der Waals surface area contributed by atoms with Gasteiger partial charge in [0.05, 0.1) is 24.0 Å². The van der Waals surface area contributed by atoms with Gasteiger partial charge in [0, 0.05) is 0 Å². The fourth-order valence-electron chi connectivity index (χ4n) is 2.28. The first-order valence-corrected chi connectivity index (χ1v) is 5.76. The molecule has 4 heteroatoms. The van der Waals surface area contributed by atoms with Crippen molar-refractivity contribution in [2.75, 3.05) is 17.7 Å². The van der Waals surface area contributed by atoms with Crippen LogP contribution in [-0.2, 0) is 0 Å². The highest BCUT2D eigenvalue weighted by Crippen LogP contribution is 2.32. The van der Waals surface area contributed by atoms with Gasteiger partial charge in [-0.15, -0.1) is 0 Å². The van der Waals surface area contributed by atoms with Crippen LogP contribution in [0.3, 0.4) is 0 Å². The molecule has 0 radical (unpaired) electrons. The predicted octanol–water partition coefficient (Wildman–Crippen LogP) is 1.69. The van der Waals surface area contributed by atoms with Crippen molar-refractivity contribution in [2.24, 2.45) is 0 Å². The molecule has 1 aromatic rings. The number of hydrogen-bond donors (Lipinski definition) is 3. The maximum Gasteiger partial charge on any atom is 0.126 e. The summed E-state index contributed by atoms with van der Waals surface area (Å²) in [5.41, 5.74) is 7.27. The van der Waals surface area contributed by atoms with E-state index in [0.29, 0.717) is 5.69 Å². The van der Waals surface area contributed by atoms with E-state index in [9.17, 15) is 5.11 Å². The number of aliphatic hydroxyl groups is 1. The number of aromatic nitrogens is 1. The van der Waals surface area contributed by atoms with Crippen LogP contribution in [0.25, 0.3) is 0 Å². The minimum absolute atomic E-state index is 0.165. The summed E-state index contributed by atoms with van der Waals surface area (Å²) < 4.78 is 0. The Hall–Kier alpha value is -1.29. The van der Waals surface area contributed by atoms with Crippen LogP contribution in [0.4, 0.5) is 11.5 Å². The van der Waals surface area contributed by atoms with Crippen molar-refractivity contribution in [3.05, 3.63) is 17.8 Å². The molecule has 0 atom stereocenters. The van der Waals surface area contributed by atoms with Gasteiger partial charge in [-0.05, 0) is 31.4 Å². The van der Waals surface area contributed by atoms with Gasteiger partial charge in [0.25, 0.3) is 0 Å². The Balaban J connectivity index is 2.16. The van der Waals surface area contributed by atoms with Crippen LogP contribution in [0, 0.1) is 6.92 Å². The van der Waals surface area contributed by atoms with Crippen LogP contribution >= 0.6 is 0 Å². The smallest absolute Gasteiger partial charge is 0.126 e. The summed E-state index contributed by atoms with van der Waals surface area (Å²) in [5.74, 6) is 0.808. The number of rotatable bonds is 3. The van der Waals surface area contributed by atoms with E-state index in [0.717, 1.165) is 24.2 Å². The zero-order valence-electron chi connectivity index (χ0n) is 9.66. The third-order valence-electron chi connectivity index (χ3n) is 3.41. The number of pyridine rings is 1. The molecule has 2 rings (SSSR count). The van der Waals surface area contributed by atoms with E-state index in [4.69, 9.17) is 5.73 Å². The minimum atomic E-state index is -0.171. The van der Waals surface area contributed by atoms with Gasteiger partial charge in [0.2, 0.25) is 0 Å². The zero-order valence-corrected chi connectivity index (χ0v) is 9.66. The number of nitrogens with zero attached hydrogens (tertiary/aromatic N) is 1. The number of aryl methyl sites for hydroxylation is 1. The van der Waals surface area contributed by atoms with Crippen molar-refractivity contribution in [3.8, 4) is 0 Å². The molecule has 1 heterocycles. The second kappa shape index (κ2) is 4.29. The first-order chi connectivity index (χ1) is 7.65. The topological polar surface area (TPSA) is 71.2 Å². The van der Waals surface area contributed by atoms with Gasteiger partial charge in [-0.25, -0.2) is 4.98 Å². The average molecular weight is 221 g/mol. The Morgan fingerprint density at radius 3 is 2.75 bits per heavy atom. The highest BCUT2D eigenvalue weighted by molar-refractivity contribution is 5.51. The van der Waals surface area contributed by atoms with Gasteiger partial charge in [0.15, 0.2) is 0 Å². The van der Waals surface area contributed by atoms with Crippen molar-refractivity contribution in [3.63, 3.8) is 0 Å². The number of nitrogens with one attached hydrogen (secondary N) is 1. The fraction of sp³-hybridized carbons (Fsp3) is 0.583. The normalized spacial score (nSPS) is 18.6. The fourth-order valence-corrected chi connectivity index (χ4v) is 2.28. The molecule has 0 aromatic carbocycles. The maximum absolute atomic E-state index is 9.49. The van der Waals surface area contributed by atoms with Crippen molar-refractivity contribution in [1.82, 2.24) is 4.98 Å². The van der Waals surface area contributed by atoms with Gasteiger partial charge < -0.3 is 16.2 Å². The van der Waals surface area contributed by atoms with Crippen molar-refractivity contribution >= 4 is 11.5 Å². The molecule has 0 spiro atoms. The number of aliphatic hydroxyl groups excluding tert-OH is 1. The Morgan fingerprint density at radius 2 is 2.19 bits per heavy atom. The summed E-state index contributed by atoms with van der Waals surface area (Å²) in [7, 11) is 0. The quantitative estimate of drug-likeness (QED) is 0.726. The van der Waals surface area contributed by atoms with Gasteiger partial charge >= 0.3 is 0 Å². The Morgan fingerprint density at radius 1 is 1.50 bits per heavy atom. The summed E-state index contributed by atoms with van der Waals surface area (Å²) in [5, 5.41) is 12.8. The third-order valence-corrected chi connectivity index (χ3v) is 3.41. The molecule has 0 aliphatic heterocycles. The van der Waals surface area contributed by atoms with Crippen molar-refractivity contribution in [1.29, 1.82) is 0 Å². The molecule has 1 aromatic heterocycles. The van der Waals surface area contributed by atoms with Gasteiger partial charge in [-0.2, -0.15) is 0 Å². The van der Waals surface area contributed by atoms with Crippen molar-refractivity contribution in [2.45, 2.75) is 38.1 Å². The molecule has 1 fully saturated rings. The van der Waals surface area contributed by atoms with E-state index in [1.165, 1.54) is 12.8 Å². The molecule has 1 aliphatic carbocycles. The second-order valence-corrected chi connectivity index (χ2v) is 4.70. The number of nitrogens with two attached hydrogens (primary N) is 1. The van der Waals surface area contributed by atoms with E-state index in [1.807, 2.05) is 13.0 Å². The molecule has 0 unspecified atom stereocenters. The average Bonchev–Trinajstić information content (AvgIpc) is 2.73. The number of anilines is 2.